The topological polar surface area (TPSA) is 72.3 Å². The summed E-state index contributed by atoms with van der Waals surface area (Å²) in [5.41, 5.74) is 1.53. The van der Waals surface area contributed by atoms with E-state index in [9.17, 15) is 18.7 Å². The summed E-state index contributed by atoms with van der Waals surface area (Å²) in [6.07, 6.45) is 2.34. The van der Waals surface area contributed by atoms with E-state index in [0.29, 0.717) is 11.4 Å². The van der Waals surface area contributed by atoms with Crippen LogP contribution in [0, 0.1) is 13.8 Å². The molecular weight excluding hydrogens is 282 g/mol. The van der Waals surface area contributed by atoms with Crippen LogP contribution in [0.4, 0.5) is 8.78 Å². The zero-order valence-electron chi connectivity index (χ0n) is 11.3. The number of halogens is 2. The number of aromatic nitrogens is 2. The molecule has 0 unspecified atom stereocenters. The van der Waals surface area contributed by atoms with Crippen molar-refractivity contribution >= 4 is 5.97 Å². The molecule has 2 heterocycles. The number of pyridine rings is 2. The molecule has 21 heavy (non-hydrogen) atoms. The smallest absolute Gasteiger partial charge is 0.387 e. The van der Waals surface area contributed by atoms with Crippen molar-refractivity contribution < 1.29 is 23.4 Å². The molecule has 0 radical (unpaired) electrons. The van der Waals surface area contributed by atoms with Crippen LogP contribution in [0.15, 0.2) is 24.5 Å². The molecule has 0 spiro atoms. The molecule has 0 aromatic carbocycles. The highest BCUT2D eigenvalue weighted by atomic mass is 19.3. The van der Waals surface area contributed by atoms with E-state index < -0.39 is 12.6 Å². The van der Waals surface area contributed by atoms with E-state index >= 15 is 0 Å². The van der Waals surface area contributed by atoms with Crippen molar-refractivity contribution in [2.45, 2.75) is 20.5 Å². The summed E-state index contributed by atoms with van der Waals surface area (Å²) in [6, 6.07) is 3.01. The third-order valence-electron chi connectivity index (χ3n) is 2.78. The molecule has 0 saturated heterocycles. The summed E-state index contributed by atoms with van der Waals surface area (Å²) >= 11 is 0. The molecule has 110 valence electrons. The van der Waals surface area contributed by atoms with Crippen LogP contribution in [0.25, 0.3) is 11.1 Å². The fourth-order valence-electron chi connectivity index (χ4n) is 1.90. The predicted molar refractivity (Wildman–Crippen MR) is 70.5 cm³/mol. The second-order valence-corrected chi connectivity index (χ2v) is 4.38. The zero-order chi connectivity index (χ0) is 15.6. The number of carboxylic acid groups (broad SMARTS) is 1. The summed E-state index contributed by atoms with van der Waals surface area (Å²) in [5.74, 6) is -1.38. The standard InChI is InChI=1S/C14H12F2N2O3/c1-7-3-9(11(5-17-7)13(19)20)10-4-8(2)18-6-12(10)21-14(15)16/h3-6,14H,1-2H3,(H,19,20). The van der Waals surface area contributed by atoms with Gasteiger partial charge in [-0.25, -0.2) is 4.79 Å². The third kappa shape index (κ3) is 3.31. The van der Waals surface area contributed by atoms with E-state index in [2.05, 4.69) is 14.7 Å². The van der Waals surface area contributed by atoms with E-state index in [0.717, 1.165) is 6.20 Å². The maximum Gasteiger partial charge on any atom is 0.387 e. The average molecular weight is 294 g/mol. The van der Waals surface area contributed by atoms with Gasteiger partial charge in [0.15, 0.2) is 5.75 Å². The van der Waals surface area contributed by atoms with Gasteiger partial charge in [-0.15, -0.1) is 0 Å². The number of carboxylic acids is 1. The number of aromatic carboxylic acids is 1. The van der Waals surface area contributed by atoms with Crippen molar-refractivity contribution in [2.75, 3.05) is 0 Å². The van der Waals surface area contributed by atoms with E-state index in [1.165, 1.54) is 18.3 Å². The minimum atomic E-state index is -3.02. The molecule has 0 aliphatic carbocycles. The third-order valence-corrected chi connectivity index (χ3v) is 2.78. The summed E-state index contributed by atoms with van der Waals surface area (Å²) in [4.78, 5) is 19.1. The molecule has 0 atom stereocenters. The van der Waals surface area contributed by atoms with E-state index in [1.807, 2.05) is 0 Å². The Morgan fingerprint density at radius 2 is 1.71 bits per heavy atom. The van der Waals surface area contributed by atoms with E-state index in [4.69, 9.17) is 0 Å². The largest absolute Gasteiger partial charge is 0.478 e. The normalized spacial score (nSPS) is 10.7. The zero-order valence-corrected chi connectivity index (χ0v) is 11.3. The van der Waals surface area contributed by atoms with Gasteiger partial charge >= 0.3 is 12.6 Å². The average Bonchev–Trinajstić information content (AvgIpc) is 2.39. The molecule has 0 saturated carbocycles. The Morgan fingerprint density at radius 1 is 1.14 bits per heavy atom. The quantitative estimate of drug-likeness (QED) is 0.938. The van der Waals surface area contributed by atoms with Gasteiger partial charge in [0.05, 0.1) is 11.8 Å². The Hall–Kier alpha value is -2.57. The lowest BCUT2D eigenvalue weighted by Gasteiger charge is -2.13. The number of hydrogen-bond donors (Lipinski definition) is 1. The van der Waals surface area contributed by atoms with Crippen molar-refractivity contribution in [3.05, 3.63) is 41.5 Å². The monoisotopic (exact) mass is 294 g/mol. The Bertz CT molecular complexity index is 690. The van der Waals surface area contributed by atoms with Crippen LogP contribution in [0.1, 0.15) is 21.7 Å². The lowest BCUT2D eigenvalue weighted by Crippen LogP contribution is -2.06. The van der Waals surface area contributed by atoms with Crippen LogP contribution in [0.5, 0.6) is 5.75 Å². The summed E-state index contributed by atoms with van der Waals surface area (Å²) in [7, 11) is 0. The predicted octanol–water partition coefficient (Wildman–Crippen LogP) is 3.06. The van der Waals surface area contributed by atoms with Gasteiger partial charge in [0, 0.05) is 28.7 Å². The summed E-state index contributed by atoms with van der Waals surface area (Å²) < 4.78 is 29.4. The minimum absolute atomic E-state index is 0.0923. The highest BCUT2D eigenvalue weighted by molar-refractivity contribution is 5.96. The van der Waals surface area contributed by atoms with Crippen LogP contribution in [0.2, 0.25) is 0 Å². The molecule has 7 heteroatoms. The van der Waals surface area contributed by atoms with Gasteiger partial charge in [-0.1, -0.05) is 0 Å². The molecule has 0 fully saturated rings. The maximum absolute atomic E-state index is 12.5. The molecule has 2 aromatic rings. The number of hydrogen-bond acceptors (Lipinski definition) is 4. The Balaban J connectivity index is 2.68. The van der Waals surface area contributed by atoms with Gasteiger partial charge < -0.3 is 9.84 Å². The second-order valence-electron chi connectivity index (χ2n) is 4.38. The fraction of sp³-hybridized carbons (Fsp3) is 0.214. The molecule has 0 bridgehead atoms. The highest BCUT2D eigenvalue weighted by Gasteiger charge is 2.18. The SMILES string of the molecule is Cc1cc(-c2cc(C)ncc2C(=O)O)c(OC(F)F)cn1. The molecule has 5 nitrogen and oxygen atoms in total. The molecule has 1 N–H and O–H groups in total. The van der Waals surface area contributed by atoms with Crippen LogP contribution >= 0.6 is 0 Å². The Labute approximate surface area is 119 Å². The van der Waals surface area contributed by atoms with Gasteiger partial charge in [0.2, 0.25) is 0 Å². The van der Waals surface area contributed by atoms with Crippen molar-refractivity contribution in [1.82, 2.24) is 9.97 Å². The molecule has 0 amide bonds. The molecular formula is C14H12F2N2O3. The van der Waals surface area contributed by atoms with Crippen molar-refractivity contribution in [2.24, 2.45) is 0 Å². The summed E-state index contributed by atoms with van der Waals surface area (Å²) in [6.45, 7) is 0.325. The van der Waals surface area contributed by atoms with Gasteiger partial charge in [0.25, 0.3) is 0 Å². The van der Waals surface area contributed by atoms with Crippen LogP contribution in [0.3, 0.4) is 0 Å². The molecule has 0 aliphatic rings. The number of rotatable bonds is 4. The molecule has 2 rings (SSSR count). The fourth-order valence-corrected chi connectivity index (χ4v) is 1.90. The molecule has 0 aliphatic heterocycles. The first-order chi connectivity index (χ1) is 9.88. The van der Waals surface area contributed by atoms with E-state index in [-0.39, 0.29) is 22.4 Å². The van der Waals surface area contributed by atoms with Crippen LogP contribution < -0.4 is 4.74 Å². The summed E-state index contributed by atoms with van der Waals surface area (Å²) in [5, 5.41) is 9.22. The van der Waals surface area contributed by atoms with Crippen molar-refractivity contribution in [3.63, 3.8) is 0 Å². The lowest BCUT2D eigenvalue weighted by atomic mass is 10.00. The van der Waals surface area contributed by atoms with Crippen molar-refractivity contribution in [1.29, 1.82) is 0 Å². The number of aryl methyl sites for hydroxylation is 2. The van der Waals surface area contributed by atoms with Crippen molar-refractivity contribution in [3.8, 4) is 16.9 Å². The van der Waals surface area contributed by atoms with Gasteiger partial charge in [-0.05, 0) is 26.0 Å². The highest BCUT2D eigenvalue weighted by Crippen LogP contribution is 2.33. The maximum atomic E-state index is 12.5. The molecule has 2 aromatic heterocycles. The first-order valence-corrected chi connectivity index (χ1v) is 6.00. The van der Waals surface area contributed by atoms with Crippen LogP contribution in [-0.4, -0.2) is 27.7 Å². The van der Waals surface area contributed by atoms with E-state index in [1.54, 1.807) is 13.8 Å². The van der Waals surface area contributed by atoms with Gasteiger partial charge in [0.1, 0.15) is 0 Å². The first-order valence-electron chi connectivity index (χ1n) is 6.00. The van der Waals surface area contributed by atoms with Gasteiger partial charge in [-0.2, -0.15) is 8.78 Å². The van der Waals surface area contributed by atoms with Crippen LogP contribution in [-0.2, 0) is 0 Å². The number of alkyl halides is 2. The Morgan fingerprint density at radius 3 is 2.29 bits per heavy atom. The first kappa shape index (κ1) is 14.8. The number of nitrogens with zero attached hydrogens (tertiary/aromatic N) is 2. The minimum Gasteiger partial charge on any atom is -0.478 e. The number of ether oxygens (including phenoxy) is 1. The van der Waals surface area contributed by atoms with Gasteiger partial charge in [-0.3, -0.25) is 9.97 Å². The lowest BCUT2D eigenvalue weighted by molar-refractivity contribution is -0.0496. The second kappa shape index (κ2) is 5.82. The number of carbonyl (C=O) groups is 1. The Kier molecular flexibility index (Phi) is 4.11.